The predicted octanol–water partition coefficient (Wildman–Crippen LogP) is 1.26. The van der Waals surface area contributed by atoms with Gasteiger partial charge in [0.15, 0.2) is 29.3 Å². The van der Waals surface area contributed by atoms with Crippen LogP contribution >= 0.6 is 0 Å². The molecule has 47 heavy (non-hydrogen) atoms. The first-order chi connectivity index (χ1) is 22.0. The summed E-state index contributed by atoms with van der Waals surface area (Å²) in [5.74, 6) is -5.20. The summed E-state index contributed by atoms with van der Waals surface area (Å²) in [7, 11) is 0. The molecule has 0 N–H and O–H groups in total. The van der Waals surface area contributed by atoms with Crippen LogP contribution < -0.4 is 39.4 Å². The summed E-state index contributed by atoms with van der Waals surface area (Å²) >= 11 is 0. The molecule has 1 atom stereocenters. The number of hydrogen-bond acceptors (Lipinski definition) is 10. The zero-order chi connectivity index (χ0) is 33.0. The van der Waals surface area contributed by atoms with E-state index >= 15 is 0 Å². The van der Waals surface area contributed by atoms with Gasteiger partial charge in [0.2, 0.25) is 0 Å². The Morgan fingerprint density at radius 1 is 0.957 bits per heavy atom. The fraction of sp³-hybridized carbons (Fsp3) is 0.233. The summed E-state index contributed by atoms with van der Waals surface area (Å²) in [5, 5.41) is 15.0. The number of rotatable bonds is 11. The molecule has 1 aromatic heterocycles. The molecule has 0 saturated heterocycles. The number of halogens is 5. The van der Waals surface area contributed by atoms with Gasteiger partial charge < -0.3 is 19.4 Å². The zero-order valence-corrected chi connectivity index (χ0v) is 26.8. The zero-order valence-electron chi connectivity index (χ0n) is 24.8. The van der Waals surface area contributed by atoms with Gasteiger partial charge in [-0.05, 0) is 36.8 Å². The maximum atomic E-state index is 14.4. The Labute approximate surface area is 285 Å². The Morgan fingerprint density at radius 2 is 1.68 bits per heavy atom. The first kappa shape index (κ1) is 35.3. The van der Waals surface area contributed by atoms with Crippen LogP contribution in [0.4, 0.5) is 22.0 Å². The van der Waals surface area contributed by atoms with Crippen molar-refractivity contribution in [1.82, 2.24) is 29.7 Å². The number of aromatic nitrogens is 6. The molecule has 2 aliphatic heterocycles. The Balaban J connectivity index is 0.00000500. The minimum atomic E-state index is -4.77. The van der Waals surface area contributed by atoms with Crippen LogP contribution in [0.5, 0.6) is 5.75 Å². The second kappa shape index (κ2) is 14.9. The number of alkyl halides is 3. The summed E-state index contributed by atoms with van der Waals surface area (Å²) in [6.45, 7) is 1.48. The van der Waals surface area contributed by atoms with E-state index in [-0.39, 0.29) is 81.6 Å². The Morgan fingerprint density at radius 3 is 2.36 bits per heavy atom. The van der Waals surface area contributed by atoms with Crippen molar-refractivity contribution in [3.63, 3.8) is 0 Å². The van der Waals surface area contributed by atoms with Crippen LogP contribution in [0.3, 0.4) is 0 Å². The average molecular weight is 665 g/mol. The first-order valence-corrected chi connectivity index (χ1v) is 13.7. The maximum absolute atomic E-state index is 14.4. The smallest absolute Gasteiger partial charge is 0.550 e. The van der Waals surface area contributed by atoms with Gasteiger partial charge in [-0.25, -0.2) is 33.5 Å². The number of ether oxygens (including phenoxy) is 2. The van der Waals surface area contributed by atoms with E-state index in [0.29, 0.717) is 6.42 Å². The van der Waals surface area contributed by atoms with Gasteiger partial charge in [-0.15, -0.1) is 0 Å². The van der Waals surface area contributed by atoms with Gasteiger partial charge in [0, 0.05) is 35.9 Å². The third-order valence-corrected chi connectivity index (χ3v) is 6.51. The number of carbonyl (C=O) groups excluding carboxylic acids is 2. The molecule has 2 aromatic carbocycles. The Hall–Kier alpha value is -4.54. The molecule has 17 heteroatoms. The minimum absolute atomic E-state index is 0. The molecule has 5 rings (SSSR count). The van der Waals surface area contributed by atoms with Gasteiger partial charge in [-0.2, -0.15) is 18.3 Å². The molecule has 238 valence electrons. The van der Waals surface area contributed by atoms with Gasteiger partial charge in [-0.3, -0.25) is 4.68 Å². The standard InChI is InChI=1S/C30H23F5N6O5.Na/c1-2-9-45-17-6-7-18(20(11-17)30(33,34)35)27-36-12-16(13-37-27)26(29(44)46-10-8-24(42)43)41-15-23-22(14-38-41)39-28(40-23)19-4-3-5-21(31)25(19)32;/h3-7,11-15,26H,2,8-10H2,1H3,(H,42,43);/q;+1/p-1. The summed E-state index contributed by atoms with van der Waals surface area (Å²) in [6, 6.07) is 5.39. The van der Waals surface area contributed by atoms with Crippen LogP contribution in [-0.4, -0.2) is 54.9 Å². The molecule has 0 spiro atoms. The van der Waals surface area contributed by atoms with Gasteiger partial charge in [0.1, 0.15) is 17.1 Å². The van der Waals surface area contributed by atoms with Crippen molar-refractivity contribution in [3.05, 3.63) is 83.9 Å². The number of benzene rings is 2. The number of hydrogen-bond donors (Lipinski definition) is 0. The van der Waals surface area contributed by atoms with Crippen molar-refractivity contribution < 1.29 is 75.7 Å². The summed E-state index contributed by atoms with van der Waals surface area (Å²) < 4.78 is 81.5. The Bertz CT molecular complexity index is 1850. The van der Waals surface area contributed by atoms with E-state index in [1.54, 1.807) is 0 Å². The number of carboxylic acids is 1. The van der Waals surface area contributed by atoms with Gasteiger partial charge in [-0.1, -0.05) is 13.0 Å². The fourth-order valence-corrected chi connectivity index (χ4v) is 4.37. The summed E-state index contributed by atoms with van der Waals surface area (Å²) in [5.41, 5.74) is -1.31. The molecule has 2 aliphatic rings. The first-order valence-electron chi connectivity index (χ1n) is 13.7. The largest absolute Gasteiger partial charge is 1.00 e. The monoisotopic (exact) mass is 664 g/mol. The third-order valence-electron chi connectivity index (χ3n) is 6.51. The van der Waals surface area contributed by atoms with E-state index in [0.717, 1.165) is 29.2 Å². The van der Waals surface area contributed by atoms with Crippen molar-refractivity contribution in [1.29, 1.82) is 0 Å². The van der Waals surface area contributed by atoms with Crippen molar-refractivity contribution in [2.45, 2.75) is 32.0 Å². The van der Waals surface area contributed by atoms with E-state index in [4.69, 9.17) is 9.47 Å². The van der Waals surface area contributed by atoms with Crippen LogP contribution in [0, 0.1) is 11.6 Å². The molecule has 0 fully saturated rings. The van der Waals surface area contributed by atoms with E-state index in [1.165, 1.54) is 36.7 Å². The normalized spacial score (nSPS) is 12.0. The summed E-state index contributed by atoms with van der Waals surface area (Å²) in [4.78, 5) is 40.6. The molecule has 1 unspecified atom stereocenters. The number of fused-ring (bicyclic) bond motifs is 1. The number of esters is 1. The molecule has 0 saturated carbocycles. The van der Waals surface area contributed by atoms with Gasteiger partial charge in [0.25, 0.3) is 0 Å². The average Bonchev–Trinajstić information content (AvgIpc) is 3.44. The van der Waals surface area contributed by atoms with Crippen LogP contribution in [0.15, 0.2) is 61.2 Å². The second-order valence-electron chi connectivity index (χ2n) is 9.76. The number of aliphatic carboxylic acids is 1. The second-order valence-corrected chi connectivity index (χ2v) is 9.76. The molecular weight excluding hydrogens is 642 g/mol. The number of carbonyl (C=O) groups is 2. The van der Waals surface area contributed by atoms with Crippen LogP contribution in [0.25, 0.3) is 34.2 Å². The SMILES string of the molecule is CCCOc1ccc(-c2ncc(C(C(=O)OCCC(=O)[O-])n3cc4nc(-c5cccc(F)c5F)nc-4cn3)cn2)c(C(F)(F)F)c1.[Na+]. The number of imidazole rings is 1. The van der Waals surface area contributed by atoms with E-state index < -0.39 is 54.4 Å². The van der Waals surface area contributed by atoms with Crippen molar-refractivity contribution in [2.24, 2.45) is 0 Å². The number of nitrogens with zero attached hydrogens (tertiary/aromatic N) is 6. The topological polar surface area (TPSA) is 145 Å². The van der Waals surface area contributed by atoms with Gasteiger partial charge >= 0.3 is 41.7 Å². The van der Waals surface area contributed by atoms with Crippen molar-refractivity contribution in [2.75, 3.05) is 13.2 Å². The third kappa shape index (κ3) is 8.07. The molecular formula is C30H22F5N6NaO5. The Kier molecular flexibility index (Phi) is 11.2. The van der Waals surface area contributed by atoms with E-state index in [9.17, 15) is 36.6 Å². The fourth-order valence-electron chi connectivity index (χ4n) is 4.37. The van der Waals surface area contributed by atoms with Crippen LogP contribution in [0.1, 0.15) is 36.9 Å². The molecule has 3 aromatic rings. The van der Waals surface area contributed by atoms with Crippen LogP contribution in [0.2, 0.25) is 0 Å². The maximum Gasteiger partial charge on any atom is 1.00 e. The van der Waals surface area contributed by atoms with Gasteiger partial charge in [0.05, 0.1) is 36.7 Å². The quantitative estimate of drug-likeness (QED) is 0.115. The molecule has 3 heterocycles. The predicted molar refractivity (Wildman–Crippen MR) is 147 cm³/mol. The van der Waals surface area contributed by atoms with E-state index in [1.807, 2.05) is 6.92 Å². The molecule has 0 bridgehead atoms. The minimum Gasteiger partial charge on any atom is -0.550 e. The number of carboxylic acid groups (broad SMARTS) is 1. The molecule has 0 radical (unpaired) electrons. The molecule has 11 nitrogen and oxygen atoms in total. The molecule has 0 aliphatic carbocycles. The molecule has 0 amide bonds. The van der Waals surface area contributed by atoms with Crippen molar-refractivity contribution in [3.8, 4) is 39.9 Å². The van der Waals surface area contributed by atoms with Crippen LogP contribution in [-0.2, 0) is 20.5 Å². The summed E-state index contributed by atoms with van der Waals surface area (Å²) in [6.07, 6.45) is -0.155. The van der Waals surface area contributed by atoms with E-state index in [2.05, 4.69) is 25.0 Å². The van der Waals surface area contributed by atoms with Crippen molar-refractivity contribution >= 4 is 11.9 Å².